The zero-order valence-electron chi connectivity index (χ0n) is 10.4. The number of benzene rings is 1. The highest BCUT2D eigenvalue weighted by Crippen LogP contribution is 2.33. The number of hydrogen-bond acceptors (Lipinski definition) is 3. The molecule has 0 bridgehead atoms. The molecule has 18 heavy (non-hydrogen) atoms. The van der Waals surface area contributed by atoms with Gasteiger partial charge in [0.1, 0.15) is 0 Å². The quantitative estimate of drug-likeness (QED) is 0.771. The highest BCUT2D eigenvalue weighted by atomic mass is 79.9. The van der Waals surface area contributed by atoms with Crippen molar-refractivity contribution in [1.29, 1.82) is 0 Å². The lowest BCUT2D eigenvalue weighted by atomic mass is 10.1. The molecule has 1 unspecified atom stereocenters. The molecule has 98 valence electrons. The van der Waals surface area contributed by atoms with Gasteiger partial charge in [0.2, 0.25) is 0 Å². The number of para-hydroxylation sites is 1. The molecule has 1 atom stereocenters. The van der Waals surface area contributed by atoms with Crippen molar-refractivity contribution in [1.82, 2.24) is 0 Å². The summed E-state index contributed by atoms with van der Waals surface area (Å²) in [6.07, 6.45) is 1.16. The maximum Gasteiger partial charge on any atom is 0.161 e. The van der Waals surface area contributed by atoms with Gasteiger partial charge in [-0.25, -0.2) is 0 Å². The van der Waals surface area contributed by atoms with E-state index in [1.54, 1.807) is 11.8 Å². The second-order valence-electron chi connectivity index (χ2n) is 4.75. The van der Waals surface area contributed by atoms with Gasteiger partial charge < -0.3 is 5.32 Å². The van der Waals surface area contributed by atoms with Gasteiger partial charge in [0.05, 0.1) is 11.7 Å². The number of nitrogens with zero attached hydrogens (tertiary/aromatic N) is 1. The minimum atomic E-state index is 0.457. The van der Waals surface area contributed by atoms with Gasteiger partial charge in [0.15, 0.2) is 5.17 Å². The second kappa shape index (κ2) is 6.44. The van der Waals surface area contributed by atoms with Crippen molar-refractivity contribution in [2.24, 2.45) is 10.9 Å². The van der Waals surface area contributed by atoms with Crippen LogP contribution in [0.1, 0.15) is 20.3 Å². The van der Waals surface area contributed by atoms with Crippen molar-refractivity contribution in [3.63, 3.8) is 0 Å². The molecular weight excluding hydrogens is 376 g/mol. The Morgan fingerprint density at radius 1 is 1.39 bits per heavy atom. The summed E-state index contributed by atoms with van der Waals surface area (Å²) in [6, 6.07) is 6.51. The van der Waals surface area contributed by atoms with Crippen LogP contribution >= 0.6 is 43.6 Å². The van der Waals surface area contributed by atoms with Crippen molar-refractivity contribution in [3.05, 3.63) is 27.1 Å². The molecule has 1 heterocycles. The number of amidine groups is 1. The molecule has 1 aliphatic heterocycles. The predicted octanol–water partition coefficient (Wildman–Crippen LogP) is 5.14. The van der Waals surface area contributed by atoms with E-state index < -0.39 is 0 Å². The van der Waals surface area contributed by atoms with Gasteiger partial charge in [0.25, 0.3) is 0 Å². The topological polar surface area (TPSA) is 24.4 Å². The third-order valence-corrected chi connectivity index (χ3v) is 5.00. The first-order valence-corrected chi connectivity index (χ1v) is 8.55. The van der Waals surface area contributed by atoms with E-state index in [0.717, 1.165) is 32.0 Å². The fourth-order valence-corrected chi connectivity index (χ4v) is 4.03. The summed E-state index contributed by atoms with van der Waals surface area (Å²) in [5.41, 5.74) is 1.05. The Morgan fingerprint density at radius 2 is 2.06 bits per heavy atom. The van der Waals surface area contributed by atoms with Crippen molar-refractivity contribution < 1.29 is 0 Å². The smallest absolute Gasteiger partial charge is 0.161 e. The molecule has 0 saturated heterocycles. The zero-order valence-corrected chi connectivity index (χ0v) is 14.4. The SMILES string of the molecule is CC(C)CC1CSC(Nc2c(Br)cccc2Br)=N1. The first-order chi connectivity index (χ1) is 8.56. The van der Waals surface area contributed by atoms with Crippen LogP contribution in [0.4, 0.5) is 5.69 Å². The van der Waals surface area contributed by atoms with Gasteiger partial charge in [-0.15, -0.1) is 0 Å². The molecule has 1 aliphatic rings. The Bertz CT molecular complexity index is 440. The van der Waals surface area contributed by atoms with Gasteiger partial charge in [0, 0.05) is 14.7 Å². The lowest BCUT2D eigenvalue weighted by molar-refractivity contribution is 0.529. The summed E-state index contributed by atoms with van der Waals surface area (Å²) in [4.78, 5) is 4.73. The van der Waals surface area contributed by atoms with Crippen molar-refractivity contribution in [2.75, 3.05) is 11.1 Å². The van der Waals surface area contributed by atoms with Crippen molar-refractivity contribution in [3.8, 4) is 0 Å². The third kappa shape index (κ3) is 3.75. The fourth-order valence-electron chi connectivity index (χ4n) is 1.87. The Morgan fingerprint density at radius 3 is 2.67 bits per heavy atom. The summed E-state index contributed by atoms with van der Waals surface area (Å²) in [5, 5.41) is 4.42. The summed E-state index contributed by atoms with van der Waals surface area (Å²) >= 11 is 8.91. The normalized spacial score (nSPS) is 19.2. The number of nitrogens with one attached hydrogen (secondary N) is 1. The molecule has 2 rings (SSSR count). The molecule has 0 amide bonds. The predicted molar refractivity (Wildman–Crippen MR) is 88.6 cm³/mol. The van der Waals surface area contributed by atoms with Crippen LogP contribution in [0.2, 0.25) is 0 Å². The van der Waals surface area contributed by atoms with Crippen molar-refractivity contribution in [2.45, 2.75) is 26.3 Å². The van der Waals surface area contributed by atoms with Gasteiger partial charge in [-0.2, -0.15) is 0 Å². The van der Waals surface area contributed by atoms with E-state index in [9.17, 15) is 0 Å². The van der Waals surface area contributed by atoms with E-state index in [2.05, 4.69) is 51.0 Å². The largest absolute Gasteiger partial charge is 0.333 e. The summed E-state index contributed by atoms with van der Waals surface area (Å²) in [7, 11) is 0. The summed E-state index contributed by atoms with van der Waals surface area (Å²) < 4.78 is 2.10. The molecule has 1 aromatic rings. The van der Waals surface area contributed by atoms with Gasteiger partial charge in [-0.1, -0.05) is 31.7 Å². The molecule has 0 radical (unpaired) electrons. The number of thioether (sulfide) groups is 1. The maximum atomic E-state index is 4.73. The van der Waals surface area contributed by atoms with E-state index in [1.165, 1.54) is 0 Å². The van der Waals surface area contributed by atoms with Crippen LogP contribution in [0.5, 0.6) is 0 Å². The molecular formula is C13H16Br2N2S. The number of aliphatic imine (C=N–C) groups is 1. The van der Waals surface area contributed by atoms with Gasteiger partial charge in [-0.3, -0.25) is 4.99 Å². The fraction of sp³-hybridized carbons (Fsp3) is 0.462. The molecule has 0 fully saturated rings. The van der Waals surface area contributed by atoms with Crippen molar-refractivity contribution >= 4 is 54.5 Å². The Kier molecular flexibility index (Phi) is 5.15. The summed E-state index contributed by atoms with van der Waals surface area (Å²) in [6.45, 7) is 4.49. The van der Waals surface area contributed by atoms with E-state index in [0.29, 0.717) is 12.0 Å². The van der Waals surface area contributed by atoms with Gasteiger partial charge in [-0.05, 0) is 56.3 Å². The molecule has 2 nitrogen and oxygen atoms in total. The Labute approximate surface area is 129 Å². The van der Waals surface area contributed by atoms with Crippen LogP contribution in [0.25, 0.3) is 0 Å². The van der Waals surface area contributed by atoms with Crippen LogP contribution in [0, 0.1) is 5.92 Å². The molecule has 0 saturated carbocycles. The monoisotopic (exact) mass is 390 g/mol. The molecule has 5 heteroatoms. The third-order valence-electron chi connectivity index (χ3n) is 2.65. The second-order valence-corrected chi connectivity index (χ2v) is 7.47. The van der Waals surface area contributed by atoms with Crippen LogP contribution in [0.15, 0.2) is 32.1 Å². The van der Waals surface area contributed by atoms with Gasteiger partial charge >= 0.3 is 0 Å². The summed E-state index contributed by atoms with van der Waals surface area (Å²) in [5.74, 6) is 1.79. The highest BCUT2D eigenvalue weighted by Gasteiger charge is 2.20. The van der Waals surface area contributed by atoms with Crippen LogP contribution in [0.3, 0.4) is 0 Å². The first-order valence-electron chi connectivity index (χ1n) is 5.98. The maximum absolute atomic E-state index is 4.73. The van der Waals surface area contributed by atoms with E-state index in [1.807, 2.05) is 18.2 Å². The number of anilines is 1. The number of rotatable bonds is 3. The van der Waals surface area contributed by atoms with E-state index in [-0.39, 0.29) is 0 Å². The minimum Gasteiger partial charge on any atom is -0.333 e. The molecule has 0 aliphatic carbocycles. The number of halogens is 2. The van der Waals surface area contributed by atoms with E-state index in [4.69, 9.17) is 4.99 Å². The van der Waals surface area contributed by atoms with E-state index >= 15 is 0 Å². The minimum absolute atomic E-state index is 0.457. The number of hydrogen-bond donors (Lipinski definition) is 1. The Hall–Kier alpha value is -0.000000000000000111. The molecule has 0 aromatic heterocycles. The lowest BCUT2D eigenvalue weighted by Crippen LogP contribution is -2.08. The molecule has 1 N–H and O–H groups in total. The molecule has 0 spiro atoms. The first kappa shape index (κ1) is 14.4. The van der Waals surface area contributed by atoms with Crippen LogP contribution in [-0.2, 0) is 0 Å². The van der Waals surface area contributed by atoms with Crippen LogP contribution in [-0.4, -0.2) is 17.0 Å². The lowest BCUT2D eigenvalue weighted by Gasteiger charge is -2.09. The average molecular weight is 392 g/mol. The molecule has 1 aromatic carbocycles. The van der Waals surface area contributed by atoms with Crippen LogP contribution < -0.4 is 5.32 Å². The Balaban J connectivity index is 2.06. The zero-order chi connectivity index (χ0) is 13.1. The standard InChI is InChI=1S/C13H16Br2N2S/c1-8(2)6-9-7-18-13(16-9)17-12-10(14)4-3-5-11(12)15/h3-5,8-9H,6-7H2,1-2H3,(H,16,17). The highest BCUT2D eigenvalue weighted by molar-refractivity contribution is 9.11. The average Bonchev–Trinajstić information content (AvgIpc) is 2.70.